The molecule has 3 N–H and O–H groups in total. The summed E-state index contributed by atoms with van der Waals surface area (Å²) in [5.41, 5.74) is 2.58. The molecule has 0 saturated heterocycles. The van der Waals surface area contributed by atoms with E-state index in [1.165, 1.54) is 0 Å². The molecule has 0 aliphatic rings. The van der Waals surface area contributed by atoms with Gasteiger partial charge in [-0.05, 0) is 12.8 Å². The minimum Gasteiger partial charge on any atom is -0.271 e. The molecule has 0 atom stereocenters. The van der Waals surface area contributed by atoms with Gasteiger partial charge in [-0.2, -0.15) is 0 Å². The van der Waals surface area contributed by atoms with Gasteiger partial charge in [-0.15, -0.1) is 0 Å². The average Bonchev–Trinajstić information content (AvgIpc) is 1.81. The van der Waals surface area contributed by atoms with Gasteiger partial charge in [0, 0.05) is 6.54 Å². The van der Waals surface area contributed by atoms with Crippen LogP contribution in [0.4, 0.5) is 0 Å². The minimum atomic E-state index is 0.872. The standard InChI is InChI=1S/C6H14N2/c1-2-3-4-5-6-8-7/h3-4,8H,2,5-7H2,1H3/b4-3+. The Bertz CT molecular complexity index is 59.5. The molecule has 0 fully saturated rings. The lowest BCUT2D eigenvalue weighted by Gasteiger charge is -1.89. The molecule has 0 aromatic carbocycles. The lowest BCUT2D eigenvalue weighted by atomic mass is 10.3. The predicted octanol–water partition coefficient (Wildman–Crippen LogP) is 0.806. The summed E-state index contributed by atoms with van der Waals surface area (Å²) < 4.78 is 0. The fourth-order valence-corrected chi connectivity index (χ4v) is 0.451. The largest absolute Gasteiger partial charge is 0.271 e. The number of rotatable bonds is 4. The molecule has 0 radical (unpaired) electrons. The van der Waals surface area contributed by atoms with Crippen LogP contribution in [-0.2, 0) is 0 Å². The minimum absolute atomic E-state index is 0.872. The maximum atomic E-state index is 5.03. The fourth-order valence-electron chi connectivity index (χ4n) is 0.451. The van der Waals surface area contributed by atoms with Gasteiger partial charge >= 0.3 is 0 Å². The van der Waals surface area contributed by atoms with Crippen molar-refractivity contribution in [3.8, 4) is 0 Å². The van der Waals surface area contributed by atoms with E-state index in [-0.39, 0.29) is 0 Å². The first-order valence-corrected chi connectivity index (χ1v) is 3.00. The number of nitrogens with one attached hydrogen (secondary N) is 1. The molecule has 0 unspecified atom stereocenters. The molecule has 0 aliphatic heterocycles. The second kappa shape index (κ2) is 6.66. The van der Waals surface area contributed by atoms with E-state index < -0.39 is 0 Å². The molecule has 8 heavy (non-hydrogen) atoms. The van der Waals surface area contributed by atoms with Crippen molar-refractivity contribution in [3.63, 3.8) is 0 Å². The van der Waals surface area contributed by atoms with Gasteiger partial charge in [0.2, 0.25) is 0 Å². The molecule has 0 saturated carbocycles. The maximum absolute atomic E-state index is 5.03. The number of hydrazine groups is 1. The number of nitrogens with two attached hydrogens (primary N) is 1. The molecule has 0 aliphatic carbocycles. The van der Waals surface area contributed by atoms with E-state index in [2.05, 4.69) is 24.5 Å². The second-order valence-electron chi connectivity index (χ2n) is 1.62. The summed E-state index contributed by atoms with van der Waals surface area (Å²) in [6.45, 7) is 2.99. The first kappa shape index (κ1) is 7.66. The van der Waals surface area contributed by atoms with Crippen molar-refractivity contribution in [1.82, 2.24) is 5.43 Å². The zero-order valence-corrected chi connectivity index (χ0v) is 5.35. The highest BCUT2D eigenvalue weighted by Gasteiger charge is 1.72. The second-order valence-corrected chi connectivity index (χ2v) is 1.62. The number of hydrogen-bond acceptors (Lipinski definition) is 2. The van der Waals surface area contributed by atoms with Crippen LogP contribution >= 0.6 is 0 Å². The first-order chi connectivity index (χ1) is 3.91. The van der Waals surface area contributed by atoms with E-state index in [0.29, 0.717) is 0 Å². The van der Waals surface area contributed by atoms with Gasteiger partial charge < -0.3 is 0 Å². The molecular weight excluding hydrogens is 100 g/mol. The molecule has 0 bridgehead atoms. The number of hydrogen-bond donors (Lipinski definition) is 2. The van der Waals surface area contributed by atoms with Gasteiger partial charge in [0.15, 0.2) is 0 Å². The Kier molecular flexibility index (Phi) is 6.38. The van der Waals surface area contributed by atoms with E-state index in [9.17, 15) is 0 Å². The van der Waals surface area contributed by atoms with Crippen LogP contribution in [0.1, 0.15) is 19.8 Å². The van der Waals surface area contributed by atoms with Crippen LogP contribution in [0, 0.1) is 0 Å². The fraction of sp³-hybridized carbons (Fsp3) is 0.667. The Hall–Kier alpha value is -0.340. The molecule has 2 nitrogen and oxygen atoms in total. The van der Waals surface area contributed by atoms with Crippen LogP contribution < -0.4 is 11.3 Å². The normalized spacial score (nSPS) is 10.8. The van der Waals surface area contributed by atoms with E-state index in [1.807, 2.05) is 0 Å². The topological polar surface area (TPSA) is 38.0 Å². The van der Waals surface area contributed by atoms with Crippen LogP contribution in [0.25, 0.3) is 0 Å². The van der Waals surface area contributed by atoms with E-state index >= 15 is 0 Å². The van der Waals surface area contributed by atoms with Gasteiger partial charge in [0.25, 0.3) is 0 Å². The number of allylic oxidation sites excluding steroid dienone is 1. The smallest absolute Gasteiger partial charge is 0.0132 e. The third-order valence-corrected chi connectivity index (χ3v) is 0.858. The lowest BCUT2D eigenvalue weighted by Crippen LogP contribution is -2.22. The molecule has 0 aromatic rings. The van der Waals surface area contributed by atoms with E-state index in [4.69, 9.17) is 5.84 Å². The van der Waals surface area contributed by atoms with E-state index in [0.717, 1.165) is 19.4 Å². The summed E-state index contributed by atoms with van der Waals surface area (Å²) in [6, 6.07) is 0. The summed E-state index contributed by atoms with van der Waals surface area (Å²) in [5, 5.41) is 0. The Morgan fingerprint density at radius 1 is 1.50 bits per heavy atom. The molecule has 0 rings (SSSR count). The molecule has 0 heterocycles. The first-order valence-electron chi connectivity index (χ1n) is 3.00. The van der Waals surface area contributed by atoms with Crippen molar-refractivity contribution in [3.05, 3.63) is 12.2 Å². The van der Waals surface area contributed by atoms with Gasteiger partial charge in [0.05, 0.1) is 0 Å². The zero-order chi connectivity index (χ0) is 6.24. The monoisotopic (exact) mass is 114 g/mol. The summed E-state index contributed by atoms with van der Waals surface area (Å²) in [4.78, 5) is 0. The van der Waals surface area contributed by atoms with Gasteiger partial charge in [-0.3, -0.25) is 11.3 Å². The lowest BCUT2D eigenvalue weighted by molar-refractivity contribution is 0.739. The van der Waals surface area contributed by atoms with Crippen molar-refractivity contribution in [2.75, 3.05) is 6.54 Å². The molecular formula is C6H14N2. The van der Waals surface area contributed by atoms with Crippen LogP contribution in [0.5, 0.6) is 0 Å². The van der Waals surface area contributed by atoms with Crippen molar-refractivity contribution in [1.29, 1.82) is 0 Å². The predicted molar refractivity (Wildman–Crippen MR) is 36.2 cm³/mol. The molecule has 0 amide bonds. The van der Waals surface area contributed by atoms with Crippen molar-refractivity contribution in [2.24, 2.45) is 5.84 Å². The summed E-state index contributed by atoms with van der Waals surface area (Å²) in [6.07, 6.45) is 6.41. The third-order valence-electron chi connectivity index (χ3n) is 0.858. The van der Waals surface area contributed by atoms with Gasteiger partial charge in [-0.25, -0.2) is 0 Å². The Morgan fingerprint density at radius 3 is 2.75 bits per heavy atom. The Morgan fingerprint density at radius 2 is 2.25 bits per heavy atom. The highest BCUT2D eigenvalue weighted by atomic mass is 15.2. The van der Waals surface area contributed by atoms with Crippen molar-refractivity contribution in [2.45, 2.75) is 19.8 Å². The van der Waals surface area contributed by atoms with Crippen LogP contribution in [0.15, 0.2) is 12.2 Å². The maximum Gasteiger partial charge on any atom is 0.0132 e. The summed E-state index contributed by atoms with van der Waals surface area (Å²) >= 11 is 0. The average molecular weight is 114 g/mol. The molecule has 0 spiro atoms. The van der Waals surface area contributed by atoms with E-state index in [1.54, 1.807) is 0 Å². The SMILES string of the molecule is CC/C=C/CCNN. The van der Waals surface area contributed by atoms with Crippen molar-refractivity contribution >= 4 is 0 Å². The molecule has 0 aromatic heterocycles. The highest BCUT2D eigenvalue weighted by Crippen LogP contribution is 1.82. The highest BCUT2D eigenvalue weighted by molar-refractivity contribution is 4.79. The Labute approximate surface area is 50.7 Å². The quantitative estimate of drug-likeness (QED) is 0.245. The zero-order valence-electron chi connectivity index (χ0n) is 5.35. The van der Waals surface area contributed by atoms with Gasteiger partial charge in [0.1, 0.15) is 0 Å². The van der Waals surface area contributed by atoms with Crippen LogP contribution in [-0.4, -0.2) is 6.54 Å². The van der Waals surface area contributed by atoms with Gasteiger partial charge in [-0.1, -0.05) is 19.1 Å². The van der Waals surface area contributed by atoms with Crippen molar-refractivity contribution < 1.29 is 0 Å². The summed E-state index contributed by atoms with van der Waals surface area (Å²) in [7, 11) is 0. The Balaban J connectivity index is 2.80. The molecule has 2 heteroatoms. The van der Waals surface area contributed by atoms with Crippen LogP contribution in [0.2, 0.25) is 0 Å². The third kappa shape index (κ3) is 5.66. The summed E-state index contributed by atoms with van der Waals surface area (Å²) in [5.74, 6) is 5.03. The molecule has 48 valence electrons. The van der Waals surface area contributed by atoms with Crippen LogP contribution in [0.3, 0.4) is 0 Å².